The van der Waals surface area contributed by atoms with Gasteiger partial charge in [0.1, 0.15) is 5.75 Å². The number of benzene rings is 1. The molecular formula is C27H39N3O. The van der Waals surface area contributed by atoms with Gasteiger partial charge < -0.3 is 10.4 Å². The molecule has 0 spiro atoms. The molecule has 1 saturated carbocycles. The van der Waals surface area contributed by atoms with Gasteiger partial charge in [-0.2, -0.15) is 0 Å². The zero-order chi connectivity index (χ0) is 22.6. The van der Waals surface area contributed by atoms with E-state index in [4.69, 9.17) is 4.99 Å². The molecule has 1 aliphatic carbocycles. The smallest absolute Gasteiger partial charge is 0.128 e. The predicted octanol–water partition coefficient (Wildman–Crippen LogP) is 5.90. The van der Waals surface area contributed by atoms with Crippen LogP contribution in [0.3, 0.4) is 0 Å². The zero-order valence-corrected chi connectivity index (χ0v) is 20.1. The fraction of sp³-hybridized carbons (Fsp3) is 0.556. The Morgan fingerprint density at radius 2 is 1.81 bits per heavy atom. The van der Waals surface area contributed by atoms with Crippen molar-refractivity contribution in [2.24, 2.45) is 4.99 Å². The molecule has 0 amide bonds. The molecule has 168 valence electrons. The average molecular weight is 422 g/mol. The average Bonchev–Trinajstić information content (AvgIpc) is 2.71. The zero-order valence-electron chi connectivity index (χ0n) is 20.1. The number of aromatic hydroxyl groups is 1. The maximum atomic E-state index is 11.0. The van der Waals surface area contributed by atoms with Gasteiger partial charge in [0.25, 0.3) is 0 Å². The first-order valence-corrected chi connectivity index (χ1v) is 11.6. The number of aliphatic imine (C=N–C) groups is 1. The molecule has 1 aromatic carbocycles. The van der Waals surface area contributed by atoms with Gasteiger partial charge in [0.2, 0.25) is 0 Å². The second kappa shape index (κ2) is 9.52. The summed E-state index contributed by atoms with van der Waals surface area (Å²) in [7, 11) is 0. The predicted molar refractivity (Wildman–Crippen MR) is 130 cm³/mol. The van der Waals surface area contributed by atoms with Crippen LogP contribution in [0.15, 0.2) is 41.5 Å². The highest BCUT2D eigenvalue weighted by Crippen LogP contribution is 2.37. The van der Waals surface area contributed by atoms with Crippen LogP contribution in [-0.2, 0) is 17.4 Å². The number of pyridine rings is 1. The van der Waals surface area contributed by atoms with E-state index in [1.165, 1.54) is 18.4 Å². The van der Waals surface area contributed by atoms with Crippen molar-refractivity contribution in [3.05, 3.63) is 58.9 Å². The van der Waals surface area contributed by atoms with Gasteiger partial charge in [-0.1, -0.05) is 66.5 Å². The molecule has 0 unspecified atom stereocenters. The highest BCUT2D eigenvalue weighted by Gasteiger charge is 2.26. The van der Waals surface area contributed by atoms with Gasteiger partial charge >= 0.3 is 0 Å². The third-order valence-electron chi connectivity index (χ3n) is 6.22. The van der Waals surface area contributed by atoms with Crippen LogP contribution in [0.4, 0.5) is 0 Å². The molecule has 4 heteroatoms. The molecule has 2 atom stereocenters. The van der Waals surface area contributed by atoms with E-state index in [0.29, 0.717) is 11.8 Å². The van der Waals surface area contributed by atoms with Gasteiger partial charge in [-0.3, -0.25) is 9.98 Å². The first kappa shape index (κ1) is 23.5. The SMILES string of the molecule is CC(C)(C)c1cc(C=N[C@@H]2CCCC[C@H]2NCc2ccccn2)c(O)c(C(C)(C)C)c1. The quantitative estimate of drug-likeness (QED) is 0.591. The van der Waals surface area contributed by atoms with Gasteiger partial charge in [0, 0.05) is 36.1 Å². The molecule has 0 saturated heterocycles. The minimum atomic E-state index is -0.133. The molecule has 0 radical (unpaired) electrons. The molecule has 0 aliphatic heterocycles. The van der Waals surface area contributed by atoms with Crippen molar-refractivity contribution in [2.75, 3.05) is 0 Å². The topological polar surface area (TPSA) is 57.5 Å². The van der Waals surface area contributed by atoms with E-state index in [1.54, 1.807) is 0 Å². The van der Waals surface area contributed by atoms with Gasteiger partial charge in [-0.05, 0) is 47.4 Å². The van der Waals surface area contributed by atoms with Crippen molar-refractivity contribution >= 4 is 6.21 Å². The molecule has 3 rings (SSSR count). The Morgan fingerprint density at radius 1 is 1.06 bits per heavy atom. The van der Waals surface area contributed by atoms with E-state index < -0.39 is 0 Å². The minimum Gasteiger partial charge on any atom is -0.507 e. The summed E-state index contributed by atoms with van der Waals surface area (Å²) in [6, 6.07) is 10.8. The van der Waals surface area contributed by atoms with Crippen LogP contribution >= 0.6 is 0 Å². The Morgan fingerprint density at radius 3 is 2.45 bits per heavy atom. The van der Waals surface area contributed by atoms with Gasteiger partial charge in [0.15, 0.2) is 0 Å². The van der Waals surface area contributed by atoms with E-state index in [1.807, 2.05) is 24.5 Å². The summed E-state index contributed by atoms with van der Waals surface area (Å²) >= 11 is 0. The highest BCUT2D eigenvalue weighted by atomic mass is 16.3. The van der Waals surface area contributed by atoms with E-state index in [0.717, 1.165) is 36.2 Å². The van der Waals surface area contributed by atoms with Crippen LogP contribution in [-0.4, -0.2) is 28.4 Å². The molecule has 1 heterocycles. The standard InChI is InChI=1S/C27H39N3O/c1-26(2,3)20-15-19(25(31)22(16-20)27(4,5)6)17-29-23-12-7-8-13-24(23)30-18-21-11-9-10-14-28-21/h9-11,14-17,23-24,30-31H,7-8,12-13,18H2,1-6H3/t23-,24-/m1/s1. The summed E-state index contributed by atoms with van der Waals surface area (Å²) in [5.41, 5.74) is 3.96. The fourth-order valence-corrected chi connectivity index (χ4v) is 4.20. The van der Waals surface area contributed by atoms with Crippen LogP contribution in [0.5, 0.6) is 5.75 Å². The first-order chi connectivity index (χ1) is 14.6. The van der Waals surface area contributed by atoms with E-state index in [2.05, 4.69) is 70.0 Å². The Bertz CT molecular complexity index is 891. The van der Waals surface area contributed by atoms with Crippen LogP contribution in [0, 0.1) is 0 Å². The summed E-state index contributed by atoms with van der Waals surface area (Å²) in [6.45, 7) is 13.8. The lowest BCUT2D eigenvalue weighted by atomic mass is 9.79. The monoisotopic (exact) mass is 421 g/mol. The van der Waals surface area contributed by atoms with Gasteiger partial charge in [-0.15, -0.1) is 0 Å². The van der Waals surface area contributed by atoms with Crippen molar-refractivity contribution in [3.63, 3.8) is 0 Å². The summed E-state index contributed by atoms with van der Waals surface area (Å²) in [5, 5.41) is 14.7. The van der Waals surface area contributed by atoms with Gasteiger partial charge in [0.05, 0.1) is 11.7 Å². The van der Waals surface area contributed by atoms with Crippen LogP contribution in [0.2, 0.25) is 0 Å². The van der Waals surface area contributed by atoms with Crippen LogP contribution in [0.25, 0.3) is 0 Å². The summed E-state index contributed by atoms with van der Waals surface area (Å²) in [4.78, 5) is 9.41. The summed E-state index contributed by atoms with van der Waals surface area (Å²) < 4.78 is 0. The molecule has 0 bridgehead atoms. The lowest BCUT2D eigenvalue weighted by molar-refractivity contribution is 0.328. The van der Waals surface area contributed by atoms with Gasteiger partial charge in [-0.25, -0.2) is 0 Å². The third-order valence-corrected chi connectivity index (χ3v) is 6.22. The van der Waals surface area contributed by atoms with Crippen LogP contribution in [0.1, 0.15) is 89.6 Å². The minimum absolute atomic E-state index is 0.00784. The summed E-state index contributed by atoms with van der Waals surface area (Å²) in [6.07, 6.45) is 8.37. The number of phenolic OH excluding ortho intramolecular Hbond substituents is 1. The van der Waals surface area contributed by atoms with Crippen molar-refractivity contribution in [1.82, 2.24) is 10.3 Å². The first-order valence-electron chi connectivity index (χ1n) is 11.6. The third kappa shape index (κ3) is 6.16. The Hall–Kier alpha value is -2.20. The highest BCUT2D eigenvalue weighted by molar-refractivity contribution is 5.85. The lowest BCUT2D eigenvalue weighted by Crippen LogP contribution is -2.41. The molecular weight excluding hydrogens is 382 g/mol. The number of rotatable bonds is 5. The van der Waals surface area contributed by atoms with E-state index >= 15 is 0 Å². The molecule has 1 aliphatic rings. The second-order valence-electron chi connectivity index (χ2n) is 10.9. The maximum absolute atomic E-state index is 11.0. The Balaban J connectivity index is 1.84. The molecule has 4 nitrogen and oxygen atoms in total. The van der Waals surface area contributed by atoms with Crippen LogP contribution < -0.4 is 5.32 Å². The lowest BCUT2D eigenvalue weighted by Gasteiger charge is -2.30. The number of nitrogens with zero attached hydrogens (tertiary/aromatic N) is 2. The number of hydrogen-bond donors (Lipinski definition) is 2. The fourth-order valence-electron chi connectivity index (χ4n) is 4.20. The van der Waals surface area contributed by atoms with Crippen molar-refractivity contribution < 1.29 is 5.11 Å². The maximum Gasteiger partial charge on any atom is 0.128 e. The number of phenols is 1. The Labute approximate surface area is 188 Å². The summed E-state index contributed by atoms with van der Waals surface area (Å²) in [5.74, 6) is 0.359. The van der Waals surface area contributed by atoms with E-state index in [-0.39, 0.29) is 16.9 Å². The largest absolute Gasteiger partial charge is 0.507 e. The number of nitrogens with one attached hydrogen (secondary N) is 1. The Kier molecular flexibility index (Phi) is 7.20. The number of aromatic nitrogens is 1. The second-order valence-corrected chi connectivity index (χ2v) is 10.9. The van der Waals surface area contributed by atoms with Crippen molar-refractivity contribution in [2.45, 2.75) is 96.7 Å². The van der Waals surface area contributed by atoms with E-state index in [9.17, 15) is 5.11 Å². The number of hydrogen-bond acceptors (Lipinski definition) is 4. The van der Waals surface area contributed by atoms with Crippen molar-refractivity contribution in [1.29, 1.82) is 0 Å². The van der Waals surface area contributed by atoms with Crippen molar-refractivity contribution in [3.8, 4) is 5.75 Å². The molecule has 2 aromatic rings. The molecule has 2 N–H and O–H groups in total. The molecule has 1 fully saturated rings. The molecule has 31 heavy (non-hydrogen) atoms. The normalized spacial score (nSPS) is 20.3. The molecule has 1 aromatic heterocycles.